The van der Waals surface area contributed by atoms with Gasteiger partial charge in [-0.15, -0.1) is 0 Å². The molecule has 1 aromatic heterocycles. The van der Waals surface area contributed by atoms with Gasteiger partial charge in [-0.2, -0.15) is 5.26 Å². The monoisotopic (exact) mass is 541 g/mol. The number of hydrogen-bond acceptors (Lipinski definition) is 7. The third-order valence-electron chi connectivity index (χ3n) is 5.50. The number of aromatic nitrogens is 2. The van der Waals surface area contributed by atoms with E-state index in [2.05, 4.69) is 26.3 Å². The summed E-state index contributed by atoms with van der Waals surface area (Å²) < 4.78 is 15.2. The molecule has 0 aliphatic rings. The Hall–Kier alpha value is -4.80. The summed E-state index contributed by atoms with van der Waals surface area (Å²) in [5.74, 6) is -4.25. The van der Waals surface area contributed by atoms with E-state index in [4.69, 9.17) is 11.0 Å². The molecule has 208 valence electrons. The molecule has 13 nitrogen and oxygen atoms in total. The van der Waals surface area contributed by atoms with Gasteiger partial charge in [-0.05, 0) is 24.1 Å². The fourth-order valence-electron chi connectivity index (χ4n) is 3.48. The second kappa shape index (κ2) is 14.2. The van der Waals surface area contributed by atoms with Crippen LogP contribution in [0.25, 0.3) is 0 Å². The fourth-order valence-corrected chi connectivity index (χ4v) is 3.48. The van der Waals surface area contributed by atoms with E-state index in [0.29, 0.717) is 5.69 Å². The van der Waals surface area contributed by atoms with E-state index in [-0.39, 0.29) is 36.4 Å². The van der Waals surface area contributed by atoms with E-state index in [0.717, 1.165) is 12.1 Å². The number of carbonyl (C=O) groups is 5. The Bertz CT molecular complexity index is 1270. The van der Waals surface area contributed by atoms with Crippen LogP contribution in [0.1, 0.15) is 41.9 Å². The van der Waals surface area contributed by atoms with Gasteiger partial charge in [-0.1, -0.05) is 13.8 Å². The average molecular weight is 542 g/mol. The summed E-state index contributed by atoms with van der Waals surface area (Å²) in [4.78, 5) is 65.5. The van der Waals surface area contributed by atoms with Crippen LogP contribution in [0.3, 0.4) is 0 Å². The molecule has 5 amide bonds. The standard InChI is InChI=1S/C25H31FN8O5/c1-14(2)22(33-23(37)15-4-5-18(26)16(8-15)10-27)25(39)29-7-6-21(36)32-19(24(38)30-11-20(28)35)9-17-12-34(3)13-31-17/h4-5,8,12-14,19,22H,6-7,9,11H2,1-3H3,(H2,28,35)(H,29,39)(H,30,38)(H,32,36)(H,33,37)/t19-,22-/m0/s1/i26-1. The van der Waals surface area contributed by atoms with E-state index >= 15 is 0 Å². The van der Waals surface area contributed by atoms with Gasteiger partial charge >= 0.3 is 0 Å². The van der Waals surface area contributed by atoms with E-state index in [1.54, 1.807) is 37.7 Å². The molecule has 2 aromatic rings. The minimum absolute atomic E-state index is 0.0133. The number of benzene rings is 1. The van der Waals surface area contributed by atoms with E-state index in [1.807, 2.05) is 0 Å². The number of imidazole rings is 1. The highest BCUT2D eigenvalue weighted by molar-refractivity contribution is 5.98. The van der Waals surface area contributed by atoms with Crippen LogP contribution in [0.2, 0.25) is 0 Å². The zero-order chi connectivity index (χ0) is 29.1. The molecule has 0 saturated heterocycles. The molecule has 0 fully saturated rings. The van der Waals surface area contributed by atoms with Gasteiger partial charge in [0.2, 0.25) is 23.6 Å². The Morgan fingerprint density at radius 1 is 1.13 bits per heavy atom. The van der Waals surface area contributed by atoms with Gasteiger partial charge in [0.05, 0.1) is 24.1 Å². The lowest BCUT2D eigenvalue weighted by Crippen LogP contribution is -2.51. The highest BCUT2D eigenvalue weighted by Crippen LogP contribution is 2.11. The predicted octanol–water partition coefficient (Wildman–Crippen LogP) is -0.979. The molecule has 14 heteroatoms. The first-order chi connectivity index (χ1) is 18.4. The lowest BCUT2D eigenvalue weighted by atomic mass is 10.0. The maximum Gasteiger partial charge on any atom is 0.251 e. The van der Waals surface area contributed by atoms with Crippen molar-refractivity contribution in [2.75, 3.05) is 13.1 Å². The second-order valence-corrected chi connectivity index (χ2v) is 9.08. The quantitative estimate of drug-likeness (QED) is 0.214. The lowest BCUT2D eigenvalue weighted by Gasteiger charge is -2.22. The first-order valence-electron chi connectivity index (χ1n) is 12.0. The zero-order valence-corrected chi connectivity index (χ0v) is 21.8. The Morgan fingerprint density at radius 3 is 2.44 bits per heavy atom. The minimum atomic E-state index is -1.04. The van der Waals surface area contributed by atoms with Crippen molar-refractivity contribution in [3.8, 4) is 6.07 Å². The van der Waals surface area contributed by atoms with Crippen LogP contribution < -0.4 is 27.0 Å². The fraction of sp³-hybridized carbons (Fsp3) is 0.400. The van der Waals surface area contributed by atoms with E-state index in [1.165, 1.54) is 12.4 Å². The molecule has 0 aliphatic carbocycles. The minimum Gasteiger partial charge on any atom is -0.368 e. The van der Waals surface area contributed by atoms with Crippen LogP contribution in [-0.4, -0.2) is 64.3 Å². The Balaban J connectivity index is 1.95. The van der Waals surface area contributed by atoms with Crippen molar-refractivity contribution in [3.05, 3.63) is 53.4 Å². The first kappa shape index (κ1) is 30.4. The van der Waals surface area contributed by atoms with Crippen molar-refractivity contribution in [2.24, 2.45) is 18.7 Å². The smallest absolute Gasteiger partial charge is 0.251 e. The van der Waals surface area contributed by atoms with Gasteiger partial charge in [0.25, 0.3) is 5.91 Å². The third kappa shape index (κ3) is 9.54. The van der Waals surface area contributed by atoms with Crippen molar-refractivity contribution in [3.63, 3.8) is 0 Å². The van der Waals surface area contributed by atoms with Crippen molar-refractivity contribution in [2.45, 2.75) is 38.8 Å². The van der Waals surface area contributed by atoms with Crippen molar-refractivity contribution >= 4 is 29.5 Å². The summed E-state index contributed by atoms with van der Waals surface area (Å²) in [6, 6.07) is 2.91. The van der Waals surface area contributed by atoms with Crippen molar-refractivity contribution < 1.29 is 28.4 Å². The molecule has 0 aliphatic heterocycles. The highest BCUT2D eigenvalue weighted by atomic mass is 18.2. The Morgan fingerprint density at radius 2 is 1.85 bits per heavy atom. The maximum absolute atomic E-state index is 13.6. The molecule has 39 heavy (non-hydrogen) atoms. The van der Waals surface area contributed by atoms with E-state index < -0.39 is 54.0 Å². The highest BCUT2D eigenvalue weighted by Gasteiger charge is 2.26. The van der Waals surface area contributed by atoms with Gasteiger partial charge in [0.1, 0.15) is 24.0 Å². The molecule has 0 saturated carbocycles. The first-order valence-corrected chi connectivity index (χ1v) is 12.0. The largest absolute Gasteiger partial charge is 0.368 e. The molecular weight excluding hydrogens is 510 g/mol. The summed E-state index contributed by atoms with van der Waals surface area (Å²) >= 11 is 0. The molecule has 0 radical (unpaired) electrons. The number of nitrogens with two attached hydrogens (primary N) is 1. The molecule has 0 unspecified atom stereocenters. The number of nitrogens with one attached hydrogen (secondary N) is 4. The number of hydrogen-bond donors (Lipinski definition) is 5. The Labute approximate surface area is 224 Å². The second-order valence-electron chi connectivity index (χ2n) is 9.08. The van der Waals surface area contributed by atoms with Crippen LogP contribution in [0.5, 0.6) is 0 Å². The molecular formula is C25H31FN8O5. The van der Waals surface area contributed by atoms with Gasteiger partial charge in [0.15, 0.2) is 0 Å². The summed E-state index contributed by atoms with van der Waals surface area (Å²) in [6.45, 7) is 2.91. The van der Waals surface area contributed by atoms with Crippen LogP contribution in [0.15, 0.2) is 30.7 Å². The van der Waals surface area contributed by atoms with Crippen molar-refractivity contribution in [1.29, 1.82) is 5.26 Å². The van der Waals surface area contributed by atoms with Gasteiger partial charge < -0.3 is 31.6 Å². The number of aryl methyl sites for hydroxylation is 1. The topological polar surface area (TPSA) is 201 Å². The molecule has 6 N–H and O–H groups in total. The normalized spacial score (nSPS) is 12.1. The SMILES string of the molecule is CC(C)[C@H](NC(=O)c1ccc([18F])c(C#N)c1)C(=O)NCCC(=O)N[C@@H](Cc1cn(C)cn1)C(=O)NCC(N)=O. The summed E-state index contributed by atoms with van der Waals surface area (Å²) in [7, 11) is 1.75. The summed E-state index contributed by atoms with van der Waals surface area (Å²) in [6.07, 6.45) is 3.08. The molecule has 2 rings (SSSR count). The number of carbonyl (C=O) groups excluding carboxylic acids is 5. The van der Waals surface area contributed by atoms with Gasteiger partial charge in [0, 0.05) is 38.2 Å². The molecule has 0 spiro atoms. The molecule has 2 atom stereocenters. The van der Waals surface area contributed by atoms with Crippen LogP contribution >= 0.6 is 0 Å². The molecule has 1 aromatic carbocycles. The Kier molecular flexibility index (Phi) is 11.1. The van der Waals surface area contributed by atoms with Gasteiger partial charge in [-0.3, -0.25) is 24.0 Å². The summed E-state index contributed by atoms with van der Waals surface area (Å²) in [5, 5.41) is 19.0. The number of rotatable bonds is 13. The van der Waals surface area contributed by atoms with Crippen LogP contribution in [0.4, 0.5) is 4.39 Å². The van der Waals surface area contributed by atoms with Gasteiger partial charge in [-0.25, -0.2) is 9.37 Å². The third-order valence-corrected chi connectivity index (χ3v) is 5.50. The number of nitriles is 1. The number of halogens is 1. The number of primary amides is 1. The average Bonchev–Trinajstić information content (AvgIpc) is 3.29. The number of amides is 5. The lowest BCUT2D eigenvalue weighted by molar-refractivity contribution is -0.130. The van der Waals surface area contributed by atoms with Crippen molar-refractivity contribution in [1.82, 2.24) is 30.8 Å². The maximum atomic E-state index is 13.6. The summed E-state index contributed by atoms with van der Waals surface area (Å²) in [5.41, 5.74) is 5.31. The number of nitrogens with zero attached hydrogens (tertiary/aromatic N) is 3. The zero-order valence-electron chi connectivity index (χ0n) is 21.8. The molecule has 1 heterocycles. The molecule has 0 bridgehead atoms. The van der Waals surface area contributed by atoms with Crippen LogP contribution in [0, 0.1) is 23.1 Å². The predicted molar refractivity (Wildman–Crippen MR) is 136 cm³/mol. The van der Waals surface area contributed by atoms with Crippen LogP contribution in [-0.2, 0) is 32.6 Å². The van der Waals surface area contributed by atoms with E-state index in [9.17, 15) is 28.4 Å².